The predicted octanol–water partition coefficient (Wildman–Crippen LogP) is 3.44. The van der Waals surface area contributed by atoms with Crippen molar-refractivity contribution in [2.45, 2.75) is 13.8 Å². The zero-order chi connectivity index (χ0) is 20.8. The van der Waals surface area contributed by atoms with E-state index >= 15 is 0 Å². The molecule has 10 heteroatoms. The minimum Gasteiger partial charge on any atom is -0.462 e. The number of amides is 2. The van der Waals surface area contributed by atoms with E-state index in [4.69, 9.17) is 16.3 Å². The van der Waals surface area contributed by atoms with Gasteiger partial charge < -0.3 is 20.7 Å². The summed E-state index contributed by atoms with van der Waals surface area (Å²) in [6.45, 7) is 3.24. The first-order valence-corrected chi connectivity index (χ1v) is 9.49. The van der Waals surface area contributed by atoms with Gasteiger partial charge in [-0.3, -0.25) is 9.59 Å². The van der Waals surface area contributed by atoms with Crippen molar-refractivity contribution >= 4 is 51.4 Å². The Bertz CT molecular complexity index is 916. The Balaban J connectivity index is 2.20. The highest BCUT2D eigenvalue weighted by molar-refractivity contribution is 7.18. The van der Waals surface area contributed by atoms with E-state index in [1.54, 1.807) is 13.8 Å². The number of carbonyl (C=O) groups excluding carboxylic acids is 3. The molecule has 2 rings (SSSR count). The molecule has 3 N–H and O–H groups in total. The SMILES string of the molecule is CCOC(=O)c1c(NC(=O)CNc2ccc(F)cc2Cl)sc(C(=O)NC)c1C. The lowest BCUT2D eigenvalue weighted by Crippen LogP contribution is -2.22. The molecular formula is C18H19ClFN3O4S. The molecule has 0 bridgehead atoms. The number of hydrogen-bond donors (Lipinski definition) is 3. The molecule has 0 saturated heterocycles. The molecule has 0 fully saturated rings. The first-order chi connectivity index (χ1) is 13.3. The first kappa shape index (κ1) is 21.6. The number of anilines is 2. The van der Waals surface area contributed by atoms with Crippen LogP contribution in [0.1, 0.15) is 32.5 Å². The highest BCUT2D eigenvalue weighted by Gasteiger charge is 2.26. The lowest BCUT2D eigenvalue weighted by Gasteiger charge is -2.10. The van der Waals surface area contributed by atoms with Gasteiger partial charge in [0.25, 0.3) is 5.91 Å². The number of carbonyl (C=O) groups is 3. The van der Waals surface area contributed by atoms with Crippen molar-refractivity contribution in [2.75, 3.05) is 30.8 Å². The van der Waals surface area contributed by atoms with Gasteiger partial charge >= 0.3 is 5.97 Å². The summed E-state index contributed by atoms with van der Waals surface area (Å²) in [4.78, 5) is 36.9. The van der Waals surface area contributed by atoms with Crippen LogP contribution in [0.15, 0.2) is 18.2 Å². The standard InChI is InChI=1S/C18H19ClFN3O4S/c1-4-27-18(26)14-9(2)15(16(25)21-3)28-17(14)23-13(24)8-22-12-6-5-10(20)7-11(12)19/h5-7,22H,4,8H2,1-3H3,(H,21,25)(H,23,24). The molecule has 0 spiro atoms. The molecule has 0 aliphatic heterocycles. The highest BCUT2D eigenvalue weighted by Crippen LogP contribution is 2.33. The summed E-state index contributed by atoms with van der Waals surface area (Å²) in [5, 5.41) is 8.24. The first-order valence-electron chi connectivity index (χ1n) is 8.29. The van der Waals surface area contributed by atoms with Crippen LogP contribution in [0.25, 0.3) is 0 Å². The second-order valence-electron chi connectivity index (χ2n) is 5.59. The molecule has 1 heterocycles. The number of halogens is 2. The number of ether oxygens (including phenoxy) is 1. The molecule has 0 aliphatic rings. The molecule has 1 aromatic carbocycles. The summed E-state index contributed by atoms with van der Waals surface area (Å²) in [6.07, 6.45) is 0. The number of rotatable bonds is 7. The van der Waals surface area contributed by atoms with Crippen LogP contribution in [0, 0.1) is 12.7 Å². The van der Waals surface area contributed by atoms with Gasteiger partial charge in [-0.05, 0) is 37.6 Å². The van der Waals surface area contributed by atoms with Gasteiger partial charge in [-0.2, -0.15) is 0 Å². The third-order valence-corrected chi connectivity index (χ3v) is 5.20. The van der Waals surface area contributed by atoms with E-state index < -0.39 is 17.7 Å². The maximum absolute atomic E-state index is 13.1. The molecule has 2 aromatic rings. The Labute approximate surface area is 170 Å². The molecule has 0 unspecified atom stereocenters. The number of esters is 1. The van der Waals surface area contributed by atoms with Crippen LogP contribution in [-0.4, -0.2) is 38.0 Å². The Kier molecular flexibility index (Phi) is 7.36. The normalized spacial score (nSPS) is 10.3. The molecular weight excluding hydrogens is 409 g/mol. The van der Waals surface area contributed by atoms with Crippen LogP contribution in [0.2, 0.25) is 5.02 Å². The molecule has 28 heavy (non-hydrogen) atoms. The van der Waals surface area contributed by atoms with E-state index in [1.165, 1.54) is 19.2 Å². The zero-order valence-corrected chi connectivity index (χ0v) is 17.0. The molecule has 2 amide bonds. The van der Waals surface area contributed by atoms with Crippen LogP contribution in [0.4, 0.5) is 15.1 Å². The Morgan fingerprint density at radius 2 is 2.00 bits per heavy atom. The average Bonchev–Trinajstić information content (AvgIpc) is 2.96. The number of thiophene rings is 1. The summed E-state index contributed by atoms with van der Waals surface area (Å²) < 4.78 is 18.1. The van der Waals surface area contributed by atoms with Gasteiger partial charge in [0.1, 0.15) is 10.8 Å². The van der Waals surface area contributed by atoms with Crippen molar-refractivity contribution in [3.05, 3.63) is 45.0 Å². The third kappa shape index (κ3) is 4.99. The zero-order valence-electron chi connectivity index (χ0n) is 15.4. The van der Waals surface area contributed by atoms with Gasteiger partial charge in [-0.25, -0.2) is 9.18 Å². The van der Waals surface area contributed by atoms with Crippen LogP contribution in [-0.2, 0) is 9.53 Å². The minimum absolute atomic E-state index is 0.133. The van der Waals surface area contributed by atoms with Crippen LogP contribution in [0.3, 0.4) is 0 Å². The van der Waals surface area contributed by atoms with Crippen LogP contribution in [0.5, 0.6) is 0 Å². The van der Waals surface area contributed by atoms with E-state index in [9.17, 15) is 18.8 Å². The van der Waals surface area contributed by atoms with Crippen molar-refractivity contribution in [1.82, 2.24) is 5.32 Å². The van der Waals surface area contributed by atoms with Gasteiger partial charge in [0.15, 0.2) is 0 Å². The maximum Gasteiger partial charge on any atom is 0.341 e. The molecule has 7 nitrogen and oxygen atoms in total. The second kappa shape index (κ2) is 9.52. The summed E-state index contributed by atoms with van der Waals surface area (Å²) in [5.74, 6) is -1.97. The average molecular weight is 428 g/mol. The fraction of sp³-hybridized carbons (Fsp3) is 0.278. The van der Waals surface area contributed by atoms with E-state index in [-0.39, 0.29) is 34.6 Å². The maximum atomic E-state index is 13.1. The molecule has 0 saturated carbocycles. The van der Waals surface area contributed by atoms with E-state index in [0.29, 0.717) is 16.1 Å². The third-order valence-electron chi connectivity index (χ3n) is 3.68. The van der Waals surface area contributed by atoms with Crippen LogP contribution >= 0.6 is 22.9 Å². The molecule has 0 atom stereocenters. The van der Waals surface area contributed by atoms with E-state index in [2.05, 4.69) is 16.0 Å². The van der Waals surface area contributed by atoms with Crippen molar-refractivity contribution < 1.29 is 23.5 Å². The van der Waals surface area contributed by atoms with Gasteiger partial charge in [0.05, 0.1) is 34.3 Å². The monoisotopic (exact) mass is 427 g/mol. The number of nitrogens with one attached hydrogen (secondary N) is 3. The van der Waals surface area contributed by atoms with Crippen molar-refractivity contribution in [3.63, 3.8) is 0 Å². The summed E-state index contributed by atoms with van der Waals surface area (Å²) in [6, 6.07) is 3.75. The minimum atomic E-state index is -0.628. The smallest absolute Gasteiger partial charge is 0.341 e. The second-order valence-corrected chi connectivity index (χ2v) is 7.01. The lowest BCUT2D eigenvalue weighted by atomic mass is 10.1. The number of hydrogen-bond acceptors (Lipinski definition) is 6. The van der Waals surface area contributed by atoms with Gasteiger partial charge in [-0.15, -0.1) is 11.3 Å². The fourth-order valence-electron chi connectivity index (χ4n) is 2.36. The van der Waals surface area contributed by atoms with E-state index in [1.807, 2.05) is 0 Å². The Morgan fingerprint density at radius 1 is 1.29 bits per heavy atom. The Hall–Kier alpha value is -2.65. The van der Waals surface area contributed by atoms with E-state index in [0.717, 1.165) is 17.4 Å². The lowest BCUT2D eigenvalue weighted by molar-refractivity contribution is -0.114. The van der Waals surface area contributed by atoms with Crippen molar-refractivity contribution in [2.24, 2.45) is 0 Å². The van der Waals surface area contributed by atoms with Crippen molar-refractivity contribution in [1.29, 1.82) is 0 Å². The molecule has 0 aliphatic carbocycles. The predicted molar refractivity (Wildman–Crippen MR) is 107 cm³/mol. The topological polar surface area (TPSA) is 96.5 Å². The largest absolute Gasteiger partial charge is 0.462 e. The molecule has 150 valence electrons. The van der Waals surface area contributed by atoms with Gasteiger partial charge in [-0.1, -0.05) is 11.6 Å². The van der Waals surface area contributed by atoms with Crippen molar-refractivity contribution in [3.8, 4) is 0 Å². The number of benzene rings is 1. The van der Waals surface area contributed by atoms with Gasteiger partial charge in [0, 0.05) is 7.05 Å². The summed E-state index contributed by atoms with van der Waals surface area (Å²) in [5.41, 5.74) is 0.948. The molecule has 1 aromatic heterocycles. The van der Waals surface area contributed by atoms with Crippen LogP contribution < -0.4 is 16.0 Å². The fourth-order valence-corrected chi connectivity index (χ4v) is 3.75. The van der Waals surface area contributed by atoms with Gasteiger partial charge in [0.2, 0.25) is 5.91 Å². The Morgan fingerprint density at radius 3 is 2.61 bits per heavy atom. The molecule has 0 radical (unpaired) electrons. The highest BCUT2D eigenvalue weighted by atomic mass is 35.5. The quantitative estimate of drug-likeness (QED) is 0.588. The summed E-state index contributed by atoms with van der Waals surface area (Å²) >= 11 is 6.89. The summed E-state index contributed by atoms with van der Waals surface area (Å²) in [7, 11) is 1.47.